The van der Waals surface area contributed by atoms with E-state index in [1.807, 2.05) is 0 Å². The summed E-state index contributed by atoms with van der Waals surface area (Å²) >= 11 is 0. The highest BCUT2D eigenvalue weighted by Gasteiger charge is 2.12. The van der Waals surface area contributed by atoms with Crippen molar-refractivity contribution in [3.63, 3.8) is 0 Å². The summed E-state index contributed by atoms with van der Waals surface area (Å²) < 4.78 is 13.4. The molecule has 2 N–H and O–H groups in total. The normalized spacial score (nSPS) is 10.3. The Bertz CT molecular complexity index is 706. The molecule has 0 fully saturated rings. The molecule has 0 spiro atoms. The molecular formula is C16H16FN3O3. The molecule has 2 aromatic rings. The van der Waals surface area contributed by atoms with Crippen LogP contribution in [0.15, 0.2) is 48.5 Å². The highest BCUT2D eigenvalue weighted by molar-refractivity contribution is 5.94. The van der Waals surface area contributed by atoms with Crippen LogP contribution in [0.4, 0.5) is 10.1 Å². The van der Waals surface area contributed by atoms with Gasteiger partial charge in [-0.1, -0.05) is 30.3 Å². The molecule has 0 heterocycles. The van der Waals surface area contributed by atoms with E-state index >= 15 is 0 Å². The molecule has 1 amide bonds. The summed E-state index contributed by atoms with van der Waals surface area (Å²) in [5.41, 5.74) is 0.611. The van der Waals surface area contributed by atoms with Crippen LogP contribution in [0.2, 0.25) is 0 Å². The van der Waals surface area contributed by atoms with E-state index < -0.39 is 16.6 Å². The summed E-state index contributed by atoms with van der Waals surface area (Å²) in [6, 6.07) is 12.2. The molecule has 0 aliphatic heterocycles. The number of carbonyl (C=O) groups excluding carboxylic acids is 1. The third-order valence-electron chi connectivity index (χ3n) is 3.21. The second-order valence-corrected chi connectivity index (χ2v) is 4.80. The lowest BCUT2D eigenvalue weighted by atomic mass is 10.2. The first-order valence-electron chi connectivity index (χ1n) is 7.05. The van der Waals surface area contributed by atoms with Gasteiger partial charge in [0.25, 0.3) is 11.6 Å². The average Bonchev–Trinajstić information content (AvgIpc) is 2.55. The average molecular weight is 317 g/mol. The second-order valence-electron chi connectivity index (χ2n) is 4.80. The number of para-hydroxylation sites is 1. The minimum atomic E-state index is -0.571. The molecule has 0 aliphatic carbocycles. The van der Waals surface area contributed by atoms with E-state index in [0.29, 0.717) is 18.7 Å². The number of halogens is 1. The molecule has 0 unspecified atom stereocenters. The molecule has 0 aromatic heterocycles. The van der Waals surface area contributed by atoms with Crippen molar-refractivity contribution in [2.24, 2.45) is 0 Å². The van der Waals surface area contributed by atoms with Gasteiger partial charge in [0.15, 0.2) is 0 Å². The Morgan fingerprint density at radius 3 is 2.52 bits per heavy atom. The van der Waals surface area contributed by atoms with Gasteiger partial charge < -0.3 is 10.6 Å². The van der Waals surface area contributed by atoms with E-state index in [2.05, 4.69) is 10.6 Å². The molecule has 7 heteroatoms. The predicted octanol–water partition coefficient (Wildman–Crippen LogP) is 2.25. The fraction of sp³-hybridized carbons (Fsp3) is 0.188. The van der Waals surface area contributed by atoms with Gasteiger partial charge in [-0.3, -0.25) is 14.9 Å². The van der Waals surface area contributed by atoms with Crippen molar-refractivity contribution in [3.05, 3.63) is 75.6 Å². The Kier molecular flexibility index (Phi) is 5.76. The quantitative estimate of drug-likeness (QED) is 0.466. The Morgan fingerprint density at radius 2 is 1.78 bits per heavy atom. The molecule has 0 saturated carbocycles. The molecule has 2 rings (SSSR count). The molecule has 23 heavy (non-hydrogen) atoms. The number of nitro groups is 1. The molecule has 6 nitrogen and oxygen atoms in total. The van der Waals surface area contributed by atoms with Gasteiger partial charge in [-0.25, -0.2) is 4.39 Å². The van der Waals surface area contributed by atoms with Gasteiger partial charge in [-0.15, -0.1) is 0 Å². The highest BCUT2D eigenvalue weighted by Crippen LogP contribution is 2.16. The maximum atomic E-state index is 13.4. The Hall–Kier alpha value is -2.80. The smallest absolute Gasteiger partial charge is 0.273 e. The van der Waals surface area contributed by atoms with Crippen LogP contribution >= 0.6 is 0 Å². The van der Waals surface area contributed by atoms with E-state index in [4.69, 9.17) is 0 Å². The predicted molar refractivity (Wildman–Crippen MR) is 83.5 cm³/mol. The van der Waals surface area contributed by atoms with Gasteiger partial charge in [0, 0.05) is 31.3 Å². The Morgan fingerprint density at radius 1 is 1.09 bits per heavy atom. The number of benzene rings is 2. The van der Waals surface area contributed by atoms with Gasteiger partial charge in [-0.05, 0) is 12.1 Å². The van der Waals surface area contributed by atoms with Gasteiger partial charge in [0.05, 0.1) is 10.5 Å². The first-order chi connectivity index (χ1) is 11.1. The fourth-order valence-electron chi connectivity index (χ4n) is 2.07. The lowest BCUT2D eigenvalue weighted by Gasteiger charge is -2.08. The Labute approximate surface area is 132 Å². The van der Waals surface area contributed by atoms with E-state index in [-0.39, 0.29) is 17.8 Å². The second kappa shape index (κ2) is 8.00. The summed E-state index contributed by atoms with van der Waals surface area (Å²) in [5.74, 6) is -1.06. The third kappa shape index (κ3) is 4.58. The third-order valence-corrected chi connectivity index (χ3v) is 3.21. The number of nitro benzene ring substituents is 1. The number of nitrogens with one attached hydrogen (secondary N) is 2. The van der Waals surface area contributed by atoms with Crippen molar-refractivity contribution in [1.82, 2.24) is 10.6 Å². The molecular weight excluding hydrogens is 301 g/mol. The zero-order valence-electron chi connectivity index (χ0n) is 12.3. The van der Waals surface area contributed by atoms with Crippen LogP contribution in [0.1, 0.15) is 15.9 Å². The zero-order valence-corrected chi connectivity index (χ0v) is 12.3. The van der Waals surface area contributed by atoms with Crippen LogP contribution in [-0.2, 0) is 6.54 Å². The summed E-state index contributed by atoms with van der Waals surface area (Å²) in [4.78, 5) is 22.2. The van der Waals surface area contributed by atoms with Crippen molar-refractivity contribution in [2.75, 3.05) is 13.1 Å². The SMILES string of the molecule is O=C(NCCNCc1ccccc1[N+](=O)[O-])c1ccccc1F. The van der Waals surface area contributed by atoms with Gasteiger partial charge >= 0.3 is 0 Å². The molecule has 0 bridgehead atoms. The number of carbonyl (C=O) groups is 1. The van der Waals surface area contributed by atoms with Crippen LogP contribution in [0, 0.1) is 15.9 Å². The lowest BCUT2D eigenvalue weighted by molar-refractivity contribution is -0.385. The van der Waals surface area contributed by atoms with Crippen molar-refractivity contribution in [1.29, 1.82) is 0 Å². The molecule has 120 valence electrons. The fourth-order valence-corrected chi connectivity index (χ4v) is 2.07. The maximum absolute atomic E-state index is 13.4. The van der Waals surface area contributed by atoms with E-state index in [0.717, 1.165) is 0 Å². The molecule has 0 aliphatic rings. The Balaban J connectivity index is 1.77. The number of hydrogen-bond donors (Lipinski definition) is 2. The number of rotatable bonds is 7. The monoisotopic (exact) mass is 317 g/mol. The topological polar surface area (TPSA) is 84.3 Å². The molecule has 2 aromatic carbocycles. The first-order valence-corrected chi connectivity index (χ1v) is 7.05. The van der Waals surface area contributed by atoms with Gasteiger partial charge in [0.1, 0.15) is 5.82 Å². The maximum Gasteiger partial charge on any atom is 0.273 e. The number of amides is 1. The van der Waals surface area contributed by atoms with Crippen LogP contribution < -0.4 is 10.6 Å². The van der Waals surface area contributed by atoms with E-state index in [1.165, 1.54) is 24.3 Å². The number of nitrogens with zero attached hydrogens (tertiary/aromatic N) is 1. The lowest BCUT2D eigenvalue weighted by Crippen LogP contribution is -2.32. The van der Waals surface area contributed by atoms with Crippen LogP contribution in [0.25, 0.3) is 0 Å². The number of hydrogen-bond acceptors (Lipinski definition) is 4. The highest BCUT2D eigenvalue weighted by atomic mass is 19.1. The van der Waals surface area contributed by atoms with Gasteiger partial charge in [-0.2, -0.15) is 0 Å². The summed E-state index contributed by atoms with van der Waals surface area (Å²) in [7, 11) is 0. The van der Waals surface area contributed by atoms with Gasteiger partial charge in [0.2, 0.25) is 0 Å². The minimum Gasteiger partial charge on any atom is -0.351 e. The summed E-state index contributed by atoms with van der Waals surface area (Å²) in [6.07, 6.45) is 0. The standard InChI is InChI=1S/C16H16FN3O3/c17-14-7-3-2-6-13(14)16(21)19-10-9-18-11-12-5-1-4-8-15(12)20(22)23/h1-8,18H,9-11H2,(H,19,21). The van der Waals surface area contributed by atoms with Crippen LogP contribution in [0.3, 0.4) is 0 Å². The molecule has 0 atom stereocenters. The van der Waals surface area contributed by atoms with Crippen LogP contribution in [-0.4, -0.2) is 23.9 Å². The van der Waals surface area contributed by atoms with Crippen molar-refractivity contribution in [3.8, 4) is 0 Å². The first kappa shape index (κ1) is 16.6. The zero-order chi connectivity index (χ0) is 16.7. The molecule has 0 radical (unpaired) electrons. The molecule has 0 saturated heterocycles. The minimum absolute atomic E-state index is 0.00815. The van der Waals surface area contributed by atoms with E-state index in [9.17, 15) is 19.3 Å². The summed E-state index contributed by atoms with van der Waals surface area (Å²) in [6.45, 7) is 1.01. The largest absolute Gasteiger partial charge is 0.351 e. The van der Waals surface area contributed by atoms with Crippen molar-refractivity contribution >= 4 is 11.6 Å². The summed E-state index contributed by atoms with van der Waals surface area (Å²) in [5, 5.41) is 16.5. The van der Waals surface area contributed by atoms with Crippen molar-refractivity contribution in [2.45, 2.75) is 6.54 Å². The van der Waals surface area contributed by atoms with E-state index in [1.54, 1.807) is 24.3 Å². The van der Waals surface area contributed by atoms with Crippen molar-refractivity contribution < 1.29 is 14.1 Å². The van der Waals surface area contributed by atoms with Crippen LogP contribution in [0.5, 0.6) is 0 Å².